The Balaban J connectivity index is -0.000000108. The number of carbonyl (C=O) groups is 12. The molecule has 0 saturated carbocycles. The summed E-state index contributed by atoms with van der Waals surface area (Å²) >= 11 is 0. The van der Waals surface area contributed by atoms with Crippen LogP contribution >= 0.6 is 0 Å². The van der Waals surface area contributed by atoms with E-state index in [4.69, 9.17) is 0 Å². The molecule has 0 aromatic carbocycles. The van der Waals surface area contributed by atoms with Crippen LogP contribution in [0.15, 0.2) is 0 Å². The molecule has 24 nitrogen and oxygen atoms in total. The molecule has 0 aliphatic rings. The summed E-state index contributed by atoms with van der Waals surface area (Å²) in [5, 5.41) is 120. The van der Waals surface area contributed by atoms with E-state index in [1.807, 2.05) is 0 Å². The largest absolute Gasteiger partial charge is 3.00 e. The summed E-state index contributed by atoms with van der Waals surface area (Å²) in [5.41, 5.74) is 0. The molecule has 0 spiro atoms. The summed E-state index contributed by atoms with van der Waals surface area (Å²) in [5.74, 6) is -11.0. The van der Waals surface area contributed by atoms with Crippen molar-refractivity contribution >= 4 is 80.0 Å². The van der Waals surface area contributed by atoms with Gasteiger partial charge in [0.25, 0.3) is 0 Å². The van der Waals surface area contributed by atoms with Gasteiger partial charge in [-0.1, -0.05) is 545 Å². The van der Waals surface area contributed by atoms with Crippen molar-refractivity contribution < 1.29 is 136 Å². The Bertz CT molecular complexity index is 1940. The average molecular weight is 2130 g/mol. The Kier molecular flexibility index (Phi) is 195. The number of hydrogen-bond acceptors (Lipinski definition) is 24. The summed E-state index contributed by atoms with van der Waals surface area (Å²) in [6, 6.07) is 0. The van der Waals surface area contributed by atoms with E-state index in [1.165, 1.54) is 385 Å². The van der Waals surface area contributed by atoms with E-state index in [2.05, 4.69) is 83.1 Å². The van der Waals surface area contributed by atoms with Gasteiger partial charge in [-0.2, -0.15) is 0 Å². The fourth-order valence-electron chi connectivity index (χ4n) is 14.7. The van der Waals surface area contributed by atoms with Crippen LogP contribution in [0.3, 0.4) is 0 Å². The van der Waals surface area contributed by atoms with Crippen molar-refractivity contribution in [1.29, 1.82) is 0 Å². The molecule has 0 saturated heterocycles. The van der Waals surface area contributed by atoms with Gasteiger partial charge in [-0.3, -0.25) is 0 Å². The topological polar surface area (TPSA) is 482 Å². The second-order valence-corrected chi connectivity index (χ2v) is 38.9. The normalized spacial score (nSPS) is 9.95. The fourth-order valence-corrected chi connectivity index (χ4v) is 14.7. The molecule has 0 heterocycles. The van der Waals surface area contributed by atoms with E-state index in [9.17, 15) is 119 Å². The van der Waals surface area contributed by atoms with Gasteiger partial charge in [-0.25, -0.2) is 0 Å². The minimum absolute atomic E-state index is 0. The van der Waals surface area contributed by atoms with Gasteiger partial charge in [0.2, 0.25) is 0 Å². The first-order valence-corrected chi connectivity index (χ1v) is 59.6. The number of unbranched alkanes of at least 4 members (excludes halogenated alkanes) is 72. The summed E-state index contributed by atoms with van der Waals surface area (Å²) in [7, 11) is 0. The molecule has 0 aliphatic heterocycles. The molecule has 146 heavy (non-hydrogen) atoms. The van der Waals surface area contributed by atoms with E-state index < -0.39 is 71.6 Å². The van der Waals surface area contributed by atoms with Crippen LogP contribution in [0.25, 0.3) is 0 Å². The first-order valence-electron chi connectivity index (χ1n) is 59.6. The summed E-state index contributed by atoms with van der Waals surface area (Å²) < 4.78 is 0. The number of rotatable bonds is 96. The molecular formula is C120H228BCuO24-7. The van der Waals surface area contributed by atoms with Crippen LogP contribution in [0.1, 0.15) is 699 Å². The van der Waals surface area contributed by atoms with Gasteiger partial charge in [0.1, 0.15) is 0 Å². The summed E-state index contributed by atoms with van der Waals surface area (Å²) in [6.07, 6.45) is 100. The molecule has 0 aliphatic carbocycles. The molecule has 0 atom stereocenters. The quantitative estimate of drug-likeness (QED) is 0.0403. The molecule has 0 fully saturated rings. The van der Waals surface area contributed by atoms with Crippen molar-refractivity contribution in [3.63, 3.8) is 0 Å². The van der Waals surface area contributed by atoms with Gasteiger partial charge in [0.05, 0.1) is 0 Å². The number of carboxylic acid groups (broad SMARTS) is 12. The van der Waals surface area contributed by atoms with E-state index in [0.29, 0.717) is 0 Å². The zero-order valence-corrected chi connectivity index (χ0v) is 97.5. The predicted molar refractivity (Wildman–Crippen MR) is 577 cm³/mol. The van der Waals surface area contributed by atoms with E-state index in [-0.39, 0.29) is 103 Å². The Morgan fingerprint density at radius 3 is 0.178 bits per heavy atom. The molecule has 0 unspecified atom stereocenters. The van der Waals surface area contributed by atoms with Gasteiger partial charge in [-0.15, -0.1) is 0 Å². The van der Waals surface area contributed by atoms with Crippen LogP contribution in [0.4, 0.5) is 0 Å². The molecule has 0 aromatic rings. The number of hydrogen-bond donors (Lipinski definition) is 0. The Hall–Kier alpha value is -5.78. The van der Waals surface area contributed by atoms with Gasteiger partial charge in [-0.05, 0) is 154 Å². The number of aliphatic carboxylic acids is 12. The van der Waals surface area contributed by atoms with Crippen LogP contribution in [0.5, 0.6) is 0 Å². The van der Waals surface area contributed by atoms with Crippen molar-refractivity contribution in [2.45, 2.75) is 699 Å². The first-order chi connectivity index (χ1) is 69.2. The summed E-state index contributed by atoms with van der Waals surface area (Å²) in [6.45, 7) is 26.3. The van der Waals surface area contributed by atoms with E-state index >= 15 is 0 Å². The monoisotopic (exact) mass is 2130 g/mol. The zero-order chi connectivity index (χ0) is 111. The second-order valence-electron chi connectivity index (χ2n) is 38.9. The van der Waals surface area contributed by atoms with Gasteiger partial charge >= 0.3 is 25.5 Å². The molecule has 0 amide bonds. The van der Waals surface area contributed by atoms with Crippen molar-refractivity contribution in [2.75, 3.05) is 0 Å². The average Bonchev–Trinajstić information content (AvgIpc) is 1.16. The smallest absolute Gasteiger partial charge is 0.550 e. The molecule has 1 radical (unpaired) electrons. The van der Waals surface area contributed by atoms with Crippen molar-refractivity contribution in [3.05, 3.63) is 0 Å². The Morgan fingerprint density at radius 2 is 0.137 bits per heavy atom. The molecule has 0 N–H and O–H groups in total. The van der Waals surface area contributed by atoms with Crippen LogP contribution in [-0.4, -0.2) is 80.0 Å². The minimum Gasteiger partial charge on any atom is -0.550 e. The maximum Gasteiger partial charge on any atom is 3.00 e. The van der Waals surface area contributed by atoms with Crippen molar-refractivity contribution in [2.24, 2.45) is 0 Å². The maximum absolute atomic E-state index is 10.0. The molecule has 26 heteroatoms. The Morgan fingerprint density at radius 1 is 0.0959 bits per heavy atom. The molecule has 0 bridgehead atoms. The van der Waals surface area contributed by atoms with Gasteiger partial charge in [0.15, 0.2) is 0 Å². The van der Waals surface area contributed by atoms with Crippen molar-refractivity contribution in [1.82, 2.24) is 0 Å². The van der Waals surface area contributed by atoms with Gasteiger partial charge < -0.3 is 119 Å². The standard InChI is InChI=1S/12C10H20O2.B.Cu/c12*1-2-3-4-5-6-7-8-9-10(11)12;;/h12*2-9H2,1H3,(H,11,12);;/q;;;;;;;;;;;;+3;+2/p-12. The number of carboxylic acids is 12. The fraction of sp³-hybridized carbons (Fsp3) is 0.900. The maximum atomic E-state index is 10.0. The van der Waals surface area contributed by atoms with Crippen LogP contribution in [0, 0.1) is 0 Å². The molecule has 873 valence electrons. The third kappa shape index (κ3) is 249. The third-order valence-electron chi connectivity index (χ3n) is 23.8. The Labute approximate surface area is 910 Å². The van der Waals surface area contributed by atoms with E-state index in [0.717, 1.165) is 154 Å². The van der Waals surface area contributed by atoms with E-state index in [1.54, 1.807) is 0 Å². The minimum atomic E-state index is -0.913. The summed E-state index contributed by atoms with van der Waals surface area (Å²) in [4.78, 5) is 120. The molecule has 0 rings (SSSR count). The second kappa shape index (κ2) is 167. The zero-order valence-electron chi connectivity index (χ0n) is 96.6. The molecule has 0 aromatic heterocycles. The third-order valence-corrected chi connectivity index (χ3v) is 23.8. The van der Waals surface area contributed by atoms with Crippen LogP contribution < -0.4 is 61.3 Å². The first kappa shape index (κ1) is 171. The molecular weight excluding hydrogens is 1900 g/mol. The predicted octanol–water partition coefficient (Wildman–Crippen LogP) is 22.1. The SMILES string of the molecule is CCCCCCCCCC(=O)[O-].CCCCCCCCCC(=O)[O-].CCCCCCCCCC(=O)[O-].CCCCCCCCCC(=O)[O-].CCCCCCCCCC(=O)[O-].CCCCCCCCCC(=O)[O-].CCCCCCCCCC(=O)[O-].CCCCCCCCCC(=O)[O-].CCCCCCCCCC(=O)[O-].CCCCCCCCCC(=O)[O-].CCCCCCCCCC(=O)[O-].CCCCCCCCCC(=O)[O-].[B+3].[Cu+2]. The van der Waals surface area contributed by atoms with Crippen LogP contribution in [0.2, 0.25) is 0 Å². The van der Waals surface area contributed by atoms with Crippen LogP contribution in [-0.2, 0) is 74.6 Å². The van der Waals surface area contributed by atoms with Gasteiger partial charge in [0, 0.05) is 71.6 Å². The van der Waals surface area contributed by atoms with Crippen molar-refractivity contribution in [3.8, 4) is 0 Å². The number of carbonyl (C=O) groups excluding carboxylic acids is 12.